The lowest BCUT2D eigenvalue weighted by molar-refractivity contribution is 0.416. The van der Waals surface area contributed by atoms with Gasteiger partial charge in [-0.2, -0.15) is 0 Å². The zero-order valence-corrected chi connectivity index (χ0v) is 13.2. The highest BCUT2D eigenvalue weighted by molar-refractivity contribution is 6.35. The summed E-state index contributed by atoms with van der Waals surface area (Å²) < 4.78 is 5.32. The predicted octanol–water partition coefficient (Wildman–Crippen LogP) is 5.27. The summed E-state index contributed by atoms with van der Waals surface area (Å²) in [5.41, 5.74) is 1.44. The molecule has 1 heterocycles. The number of hydrogen-bond donors (Lipinski definition) is 0. The van der Waals surface area contributed by atoms with Crippen molar-refractivity contribution in [2.24, 2.45) is 0 Å². The van der Waals surface area contributed by atoms with Gasteiger partial charge in [0.2, 0.25) is 0 Å². The van der Waals surface area contributed by atoms with Crippen LogP contribution < -0.4 is 4.74 Å². The molecule has 3 nitrogen and oxygen atoms in total. The Balaban J connectivity index is 2.24. The van der Waals surface area contributed by atoms with E-state index < -0.39 is 0 Å². The topological polar surface area (TPSA) is 35.0 Å². The molecule has 0 fully saturated rings. The number of aromatic nitrogens is 2. The van der Waals surface area contributed by atoms with Crippen LogP contribution in [0.3, 0.4) is 0 Å². The van der Waals surface area contributed by atoms with Gasteiger partial charge < -0.3 is 4.74 Å². The van der Waals surface area contributed by atoms with E-state index in [1.807, 2.05) is 0 Å². The molecule has 0 spiro atoms. The van der Waals surface area contributed by atoms with Gasteiger partial charge in [-0.25, -0.2) is 9.97 Å². The molecule has 0 unspecified atom stereocenters. The second kappa shape index (κ2) is 5.68. The molecule has 0 atom stereocenters. The molecule has 0 radical (unpaired) electrons. The minimum absolute atomic E-state index is 0.342. The molecular formula is C15H9Cl3N2O. The Hall–Kier alpha value is -1.55. The van der Waals surface area contributed by atoms with Crippen molar-refractivity contribution < 1.29 is 4.74 Å². The smallest absolute Gasteiger partial charge is 0.165 e. The summed E-state index contributed by atoms with van der Waals surface area (Å²) in [7, 11) is 1.57. The molecule has 21 heavy (non-hydrogen) atoms. The van der Waals surface area contributed by atoms with Crippen LogP contribution in [0, 0.1) is 0 Å². The summed E-state index contributed by atoms with van der Waals surface area (Å²) in [6.45, 7) is 0. The van der Waals surface area contributed by atoms with Crippen LogP contribution in [0.15, 0.2) is 36.4 Å². The quantitative estimate of drug-likeness (QED) is 0.597. The highest BCUT2D eigenvalue weighted by atomic mass is 35.5. The fraction of sp³-hybridized carbons (Fsp3) is 0.0667. The van der Waals surface area contributed by atoms with Crippen molar-refractivity contribution in [1.82, 2.24) is 9.97 Å². The highest BCUT2D eigenvalue weighted by Crippen LogP contribution is 2.33. The van der Waals surface area contributed by atoms with Crippen molar-refractivity contribution in [3.8, 4) is 17.1 Å². The van der Waals surface area contributed by atoms with E-state index in [1.54, 1.807) is 43.5 Å². The van der Waals surface area contributed by atoms with Gasteiger partial charge in [0.15, 0.2) is 5.82 Å². The van der Waals surface area contributed by atoms with Gasteiger partial charge in [0.25, 0.3) is 0 Å². The Bertz CT molecular complexity index is 837. The fourth-order valence-electron chi connectivity index (χ4n) is 2.03. The number of fused-ring (bicyclic) bond motifs is 1. The first-order valence-corrected chi connectivity index (χ1v) is 7.18. The van der Waals surface area contributed by atoms with Crippen LogP contribution in [-0.4, -0.2) is 17.1 Å². The Kier molecular flexibility index (Phi) is 3.89. The van der Waals surface area contributed by atoms with E-state index in [0.717, 1.165) is 5.56 Å². The van der Waals surface area contributed by atoms with Crippen LogP contribution in [0.4, 0.5) is 0 Å². The van der Waals surface area contributed by atoms with Crippen molar-refractivity contribution >= 4 is 45.7 Å². The lowest BCUT2D eigenvalue weighted by atomic mass is 10.1. The number of halogens is 3. The number of rotatable bonds is 2. The third-order valence-electron chi connectivity index (χ3n) is 3.02. The maximum atomic E-state index is 6.23. The maximum Gasteiger partial charge on any atom is 0.165 e. The van der Waals surface area contributed by atoms with Crippen LogP contribution in [-0.2, 0) is 0 Å². The Morgan fingerprint density at radius 2 is 1.62 bits per heavy atom. The predicted molar refractivity (Wildman–Crippen MR) is 86.6 cm³/mol. The summed E-state index contributed by atoms with van der Waals surface area (Å²) in [4.78, 5) is 8.83. The lowest BCUT2D eigenvalue weighted by Crippen LogP contribution is -1.95. The molecule has 1 aromatic heterocycles. The maximum absolute atomic E-state index is 6.23. The van der Waals surface area contributed by atoms with E-state index in [0.29, 0.717) is 37.7 Å². The number of methoxy groups -OCH3 is 1. The van der Waals surface area contributed by atoms with Gasteiger partial charge in [-0.05, 0) is 36.4 Å². The Morgan fingerprint density at radius 3 is 2.38 bits per heavy atom. The first-order chi connectivity index (χ1) is 10.1. The van der Waals surface area contributed by atoms with E-state index in [9.17, 15) is 0 Å². The number of ether oxygens (including phenoxy) is 1. The second-order valence-corrected chi connectivity index (χ2v) is 5.57. The monoisotopic (exact) mass is 338 g/mol. The molecule has 0 saturated heterocycles. The zero-order valence-electron chi connectivity index (χ0n) is 10.9. The second-order valence-electron chi connectivity index (χ2n) is 4.34. The molecule has 2 aromatic carbocycles. The summed E-state index contributed by atoms with van der Waals surface area (Å²) >= 11 is 18.2. The van der Waals surface area contributed by atoms with Crippen molar-refractivity contribution in [1.29, 1.82) is 0 Å². The van der Waals surface area contributed by atoms with Gasteiger partial charge >= 0.3 is 0 Å². The van der Waals surface area contributed by atoms with Crippen LogP contribution in [0.1, 0.15) is 0 Å². The van der Waals surface area contributed by atoms with Crippen LogP contribution in [0.2, 0.25) is 15.2 Å². The average Bonchev–Trinajstić information content (AvgIpc) is 2.47. The zero-order chi connectivity index (χ0) is 15.0. The number of nitrogens with zero attached hydrogens (tertiary/aromatic N) is 2. The molecule has 0 aliphatic heterocycles. The normalized spacial score (nSPS) is 10.9. The molecule has 0 aliphatic rings. The summed E-state index contributed by atoms with van der Waals surface area (Å²) in [5, 5.41) is 2.22. The third kappa shape index (κ3) is 2.77. The van der Waals surface area contributed by atoms with Gasteiger partial charge in [-0.1, -0.05) is 34.8 Å². The first kappa shape index (κ1) is 14.4. The Morgan fingerprint density at radius 1 is 0.905 bits per heavy atom. The van der Waals surface area contributed by atoms with Crippen molar-refractivity contribution in [2.75, 3.05) is 7.11 Å². The van der Waals surface area contributed by atoms with E-state index >= 15 is 0 Å². The van der Waals surface area contributed by atoms with E-state index in [-0.39, 0.29) is 0 Å². The fourth-order valence-corrected chi connectivity index (χ4v) is 2.60. The van der Waals surface area contributed by atoms with Gasteiger partial charge in [-0.15, -0.1) is 0 Å². The molecule has 6 heteroatoms. The Labute approximate surface area is 136 Å². The first-order valence-electron chi connectivity index (χ1n) is 6.05. The van der Waals surface area contributed by atoms with Gasteiger partial charge in [-0.3, -0.25) is 0 Å². The van der Waals surface area contributed by atoms with Crippen molar-refractivity contribution in [3.05, 3.63) is 51.6 Å². The molecule has 3 aromatic rings. The van der Waals surface area contributed by atoms with Crippen LogP contribution in [0.25, 0.3) is 22.3 Å². The largest absolute Gasteiger partial charge is 0.496 e. The summed E-state index contributed by atoms with van der Waals surface area (Å²) in [5.74, 6) is 1.07. The minimum Gasteiger partial charge on any atom is -0.496 e. The number of benzene rings is 2. The molecule has 0 aliphatic carbocycles. The van der Waals surface area contributed by atoms with E-state index in [4.69, 9.17) is 39.5 Å². The lowest BCUT2D eigenvalue weighted by Gasteiger charge is -2.09. The highest BCUT2D eigenvalue weighted by Gasteiger charge is 2.13. The standard InChI is InChI=1S/C15H9Cl3N2O/c1-21-13-7-9(17)2-4-10(13)15-19-12-5-3-8(16)6-11(12)14(18)20-15/h2-7H,1H3. The van der Waals surface area contributed by atoms with Crippen molar-refractivity contribution in [2.45, 2.75) is 0 Å². The van der Waals surface area contributed by atoms with Gasteiger partial charge in [0.1, 0.15) is 10.9 Å². The van der Waals surface area contributed by atoms with Crippen molar-refractivity contribution in [3.63, 3.8) is 0 Å². The van der Waals surface area contributed by atoms with Gasteiger partial charge in [0, 0.05) is 15.4 Å². The molecule has 0 bridgehead atoms. The SMILES string of the molecule is COc1cc(Cl)ccc1-c1nc(Cl)c2cc(Cl)ccc2n1. The molecule has 106 valence electrons. The molecule has 0 amide bonds. The van der Waals surface area contributed by atoms with Gasteiger partial charge in [0.05, 0.1) is 18.2 Å². The summed E-state index contributed by atoms with van der Waals surface area (Å²) in [6.07, 6.45) is 0. The molecule has 0 saturated carbocycles. The minimum atomic E-state index is 0.342. The molecule has 0 N–H and O–H groups in total. The molecular weight excluding hydrogens is 331 g/mol. The summed E-state index contributed by atoms with van der Waals surface area (Å²) in [6, 6.07) is 10.6. The molecule has 3 rings (SSSR count). The third-order valence-corrected chi connectivity index (χ3v) is 3.77. The van der Waals surface area contributed by atoms with Crippen LogP contribution in [0.5, 0.6) is 5.75 Å². The van der Waals surface area contributed by atoms with Crippen LogP contribution >= 0.6 is 34.8 Å². The number of hydrogen-bond acceptors (Lipinski definition) is 3. The average molecular weight is 340 g/mol. The van der Waals surface area contributed by atoms with E-state index in [1.165, 1.54) is 0 Å². The van der Waals surface area contributed by atoms with E-state index in [2.05, 4.69) is 9.97 Å².